The number of rotatable bonds is 6. The number of nitrogens with zero attached hydrogens (tertiary/aromatic N) is 3. The Labute approximate surface area is 161 Å². The average molecular weight is 384 g/mol. The van der Waals surface area contributed by atoms with Gasteiger partial charge in [-0.25, -0.2) is 9.97 Å². The number of ketones is 1. The topological polar surface area (TPSA) is 77.8 Å². The number of fused-ring (bicyclic) bond motifs is 1. The molecule has 1 saturated heterocycles. The molecule has 2 unspecified atom stereocenters. The van der Waals surface area contributed by atoms with E-state index in [9.17, 15) is 4.79 Å². The molecule has 1 fully saturated rings. The lowest BCUT2D eigenvalue weighted by molar-refractivity contribution is -0.116. The van der Waals surface area contributed by atoms with E-state index in [1.807, 2.05) is 35.0 Å². The van der Waals surface area contributed by atoms with Gasteiger partial charge in [0.05, 0.1) is 23.9 Å². The van der Waals surface area contributed by atoms with Crippen LogP contribution >= 0.6 is 11.8 Å². The first-order chi connectivity index (χ1) is 13.2. The van der Waals surface area contributed by atoms with Gasteiger partial charge in [-0.15, -0.1) is 11.8 Å². The van der Waals surface area contributed by atoms with E-state index in [-0.39, 0.29) is 16.4 Å². The van der Waals surface area contributed by atoms with Crippen LogP contribution in [0.25, 0.3) is 5.65 Å². The quantitative estimate of drug-likeness (QED) is 0.700. The van der Waals surface area contributed by atoms with Crippen LogP contribution in [0.5, 0.6) is 11.6 Å². The van der Waals surface area contributed by atoms with Gasteiger partial charge in [-0.3, -0.25) is 10.1 Å². The van der Waals surface area contributed by atoms with Crippen molar-refractivity contribution in [2.75, 3.05) is 13.7 Å². The highest BCUT2D eigenvalue weighted by Gasteiger charge is 2.31. The molecule has 4 heterocycles. The first kappa shape index (κ1) is 17.8. The van der Waals surface area contributed by atoms with Crippen molar-refractivity contribution in [2.24, 2.45) is 0 Å². The van der Waals surface area contributed by atoms with E-state index in [1.54, 1.807) is 38.2 Å². The second-order valence-corrected chi connectivity index (χ2v) is 7.58. The molecule has 3 aromatic heterocycles. The minimum Gasteiger partial charge on any atom is -0.487 e. The first-order valence-electron chi connectivity index (χ1n) is 8.62. The summed E-state index contributed by atoms with van der Waals surface area (Å²) < 4.78 is 13.3. The number of hydrogen-bond acceptors (Lipinski definition) is 7. The third-order valence-electron chi connectivity index (χ3n) is 4.49. The molecule has 8 heteroatoms. The summed E-state index contributed by atoms with van der Waals surface area (Å²) in [5, 5.41) is 3.28. The van der Waals surface area contributed by atoms with E-state index in [4.69, 9.17) is 9.47 Å². The maximum Gasteiger partial charge on any atom is 0.213 e. The predicted molar refractivity (Wildman–Crippen MR) is 103 cm³/mol. The zero-order chi connectivity index (χ0) is 18.8. The van der Waals surface area contributed by atoms with Crippen molar-refractivity contribution >= 4 is 23.2 Å². The van der Waals surface area contributed by atoms with Crippen molar-refractivity contribution in [1.82, 2.24) is 19.7 Å². The Hall–Kier alpha value is -2.58. The van der Waals surface area contributed by atoms with Crippen molar-refractivity contribution in [2.45, 2.75) is 24.2 Å². The molecule has 1 aliphatic rings. The second-order valence-electron chi connectivity index (χ2n) is 6.27. The number of carbonyl (C=O) groups is 1. The van der Waals surface area contributed by atoms with Crippen molar-refractivity contribution < 1.29 is 14.3 Å². The number of nitrogens with one attached hydrogen (secondary N) is 1. The van der Waals surface area contributed by atoms with Gasteiger partial charge >= 0.3 is 0 Å². The summed E-state index contributed by atoms with van der Waals surface area (Å²) in [7, 11) is 1.58. The number of imidazole rings is 1. The van der Waals surface area contributed by atoms with Gasteiger partial charge in [0.2, 0.25) is 5.88 Å². The molecule has 0 aliphatic carbocycles. The molecule has 0 spiro atoms. The zero-order valence-corrected chi connectivity index (χ0v) is 15.9. The summed E-state index contributed by atoms with van der Waals surface area (Å²) in [4.78, 5) is 20.4. The summed E-state index contributed by atoms with van der Waals surface area (Å²) in [6, 6.07) is 5.82. The van der Waals surface area contributed by atoms with E-state index in [2.05, 4.69) is 15.3 Å². The van der Waals surface area contributed by atoms with E-state index in [0.717, 1.165) is 16.8 Å². The van der Waals surface area contributed by atoms with Gasteiger partial charge in [-0.2, -0.15) is 0 Å². The average Bonchev–Trinajstić information content (AvgIpc) is 3.35. The van der Waals surface area contributed by atoms with Gasteiger partial charge in [0.15, 0.2) is 0 Å². The Balaban J connectivity index is 1.59. The molecule has 0 radical (unpaired) electrons. The highest BCUT2D eigenvalue weighted by Crippen LogP contribution is 2.40. The number of methoxy groups -OCH3 is 1. The normalized spacial score (nSPS) is 19.3. The van der Waals surface area contributed by atoms with Gasteiger partial charge < -0.3 is 13.9 Å². The Morgan fingerprint density at radius 3 is 3.07 bits per heavy atom. The molecule has 2 atom stereocenters. The van der Waals surface area contributed by atoms with Gasteiger partial charge in [0.25, 0.3) is 0 Å². The molecule has 140 valence electrons. The fourth-order valence-electron chi connectivity index (χ4n) is 3.05. The first-order valence-corrected chi connectivity index (χ1v) is 9.56. The van der Waals surface area contributed by atoms with Crippen molar-refractivity contribution in [3.63, 3.8) is 0 Å². The van der Waals surface area contributed by atoms with Crippen LogP contribution in [0.15, 0.2) is 43.0 Å². The SMILES string of the molecule is COc1cc(C2NCC(C(C)=O)S2)c(OCc2cccn3ccnc23)cn1. The molecule has 27 heavy (non-hydrogen) atoms. The fourth-order valence-corrected chi connectivity index (χ4v) is 4.29. The molecule has 7 nitrogen and oxygen atoms in total. The molecule has 0 saturated carbocycles. The molecule has 4 rings (SSSR count). The minimum absolute atomic E-state index is 0.0481. The fraction of sp³-hybridized carbons (Fsp3) is 0.316. The minimum atomic E-state index is -0.0549. The lowest BCUT2D eigenvalue weighted by Crippen LogP contribution is -2.20. The molecule has 1 aliphatic heterocycles. The lowest BCUT2D eigenvalue weighted by Gasteiger charge is -2.17. The molecule has 3 aromatic rings. The van der Waals surface area contributed by atoms with Crippen LogP contribution in [0.2, 0.25) is 0 Å². The Morgan fingerprint density at radius 1 is 1.41 bits per heavy atom. The second kappa shape index (κ2) is 7.58. The van der Waals surface area contributed by atoms with Gasteiger partial charge in [-0.1, -0.05) is 6.07 Å². The van der Waals surface area contributed by atoms with Crippen molar-refractivity contribution in [1.29, 1.82) is 0 Å². The Bertz CT molecular complexity index is 974. The molecular weight excluding hydrogens is 364 g/mol. The molecule has 0 bridgehead atoms. The number of thioether (sulfide) groups is 1. The number of carbonyl (C=O) groups excluding carboxylic acids is 1. The molecule has 0 amide bonds. The predicted octanol–water partition coefficient (Wildman–Crippen LogP) is 2.61. The van der Waals surface area contributed by atoms with Crippen LogP contribution < -0.4 is 14.8 Å². The third kappa shape index (κ3) is 3.63. The van der Waals surface area contributed by atoms with Gasteiger partial charge in [0.1, 0.15) is 23.8 Å². The lowest BCUT2D eigenvalue weighted by atomic mass is 10.2. The number of hydrogen-bond donors (Lipinski definition) is 1. The summed E-state index contributed by atoms with van der Waals surface area (Å²) in [5.74, 6) is 1.35. The van der Waals surface area contributed by atoms with E-state index < -0.39 is 0 Å². The van der Waals surface area contributed by atoms with Crippen LogP contribution in [0.1, 0.15) is 23.4 Å². The monoisotopic (exact) mass is 384 g/mol. The van der Waals surface area contributed by atoms with E-state index >= 15 is 0 Å². The Kier molecular flexibility index (Phi) is 5.00. The zero-order valence-electron chi connectivity index (χ0n) is 15.1. The maximum absolute atomic E-state index is 11.7. The Morgan fingerprint density at radius 2 is 2.30 bits per heavy atom. The maximum atomic E-state index is 11.7. The van der Waals surface area contributed by atoms with E-state index in [0.29, 0.717) is 24.8 Å². The smallest absolute Gasteiger partial charge is 0.213 e. The molecule has 0 aromatic carbocycles. The van der Waals surface area contributed by atoms with Crippen molar-refractivity contribution in [3.05, 3.63) is 54.1 Å². The summed E-state index contributed by atoms with van der Waals surface area (Å²) in [6.07, 6.45) is 7.29. The van der Waals surface area contributed by atoms with E-state index in [1.165, 1.54) is 0 Å². The van der Waals surface area contributed by atoms with Gasteiger partial charge in [-0.05, 0) is 13.0 Å². The largest absolute Gasteiger partial charge is 0.487 e. The van der Waals surface area contributed by atoms with Crippen LogP contribution in [-0.2, 0) is 11.4 Å². The number of Topliss-reactive ketones (excluding diaryl/α,β-unsaturated/α-hetero) is 1. The van der Waals surface area contributed by atoms with Crippen LogP contribution in [0, 0.1) is 0 Å². The van der Waals surface area contributed by atoms with Gasteiger partial charge in [0, 0.05) is 42.3 Å². The highest BCUT2D eigenvalue weighted by atomic mass is 32.2. The van der Waals surface area contributed by atoms with Crippen molar-refractivity contribution in [3.8, 4) is 11.6 Å². The third-order valence-corrected chi connectivity index (χ3v) is 6.01. The number of aromatic nitrogens is 3. The molecular formula is C19H20N4O3S. The summed E-state index contributed by atoms with van der Waals surface area (Å²) >= 11 is 1.59. The van der Waals surface area contributed by atoms with Crippen LogP contribution in [0.3, 0.4) is 0 Å². The summed E-state index contributed by atoms with van der Waals surface area (Å²) in [5.41, 5.74) is 2.77. The highest BCUT2D eigenvalue weighted by molar-refractivity contribution is 8.01. The number of ether oxygens (including phenoxy) is 2. The van der Waals surface area contributed by atoms with Crippen LogP contribution in [-0.4, -0.2) is 39.1 Å². The molecule has 1 N–H and O–H groups in total. The summed E-state index contributed by atoms with van der Waals surface area (Å²) in [6.45, 7) is 2.63. The number of pyridine rings is 2. The standard InChI is InChI=1S/C19H20N4O3S/c1-12(24)16-10-22-19(27-16)14-8-17(25-2)21-9-15(14)26-11-13-4-3-6-23-7-5-20-18(13)23/h3-9,16,19,22H,10-11H2,1-2H3. The van der Waals surface area contributed by atoms with Crippen LogP contribution in [0.4, 0.5) is 0 Å².